The van der Waals surface area contributed by atoms with Gasteiger partial charge < -0.3 is 14.3 Å². The number of aliphatic carboxylic acids is 1. The van der Waals surface area contributed by atoms with E-state index in [0.29, 0.717) is 12.2 Å². The van der Waals surface area contributed by atoms with Gasteiger partial charge in [-0.25, -0.2) is 0 Å². The second kappa shape index (κ2) is 3.23. The summed E-state index contributed by atoms with van der Waals surface area (Å²) in [5.41, 5.74) is 0. The molecule has 0 fully saturated rings. The highest BCUT2D eigenvalue weighted by molar-refractivity contribution is 5.64. The Morgan fingerprint density at radius 1 is 1.64 bits per heavy atom. The van der Waals surface area contributed by atoms with Crippen LogP contribution in [0.3, 0.4) is 0 Å². The molecule has 0 bridgehead atoms. The maximum Gasteiger partial charge on any atom is 0.104 e. The van der Waals surface area contributed by atoms with Crippen LogP contribution in [-0.2, 0) is 11.2 Å². The van der Waals surface area contributed by atoms with Gasteiger partial charge in [-0.2, -0.15) is 0 Å². The summed E-state index contributed by atoms with van der Waals surface area (Å²) in [6, 6.07) is 3.59. The van der Waals surface area contributed by atoms with Crippen molar-refractivity contribution in [1.82, 2.24) is 0 Å². The summed E-state index contributed by atoms with van der Waals surface area (Å²) in [4.78, 5) is 10.0. The first-order chi connectivity index (χ1) is 5.18. The molecule has 0 atom stereocenters. The summed E-state index contributed by atoms with van der Waals surface area (Å²) < 4.78 is 5.14. The van der Waals surface area contributed by atoms with Gasteiger partial charge in [-0.05, 0) is 25.5 Å². The summed E-state index contributed by atoms with van der Waals surface area (Å²) in [6.07, 6.45) is 0.434. The van der Waals surface area contributed by atoms with Gasteiger partial charge in [0.1, 0.15) is 11.5 Å². The van der Waals surface area contributed by atoms with Gasteiger partial charge in [0.05, 0.1) is 0 Å². The van der Waals surface area contributed by atoms with Crippen LogP contribution in [0.1, 0.15) is 17.9 Å². The molecule has 0 aliphatic heterocycles. The Labute approximate surface area is 64.6 Å². The molecule has 60 valence electrons. The van der Waals surface area contributed by atoms with Crippen LogP contribution in [0.4, 0.5) is 0 Å². The van der Waals surface area contributed by atoms with Gasteiger partial charge in [-0.15, -0.1) is 0 Å². The van der Waals surface area contributed by atoms with E-state index in [1.54, 1.807) is 6.07 Å². The molecule has 0 aliphatic rings. The average Bonchev–Trinajstić information content (AvgIpc) is 2.31. The Hall–Kier alpha value is -1.25. The van der Waals surface area contributed by atoms with E-state index in [1.165, 1.54) is 0 Å². The standard InChI is InChI=1S/C8H10O3/c1-6-2-3-7(11-6)4-5-8(9)10/h2-3H,4-5H2,1H3,(H,9,10)/p-1. The van der Waals surface area contributed by atoms with Crippen molar-refractivity contribution in [2.75, 3.05) is 0 Å². The molecule has 0 unspecified atom stereocenters. The molecule has 0 aliphatic carbocycles. The predicted octanol–water partition coefficient (Wildman–Crippen LogP) is 0.271. The van der Waals surface area contributed by atoms with Crippen LogP contribution in [0.5, 0.6) is 0 Å². The van der Waals surface area contributed by atoms with Gasteiger partial charge in [-0.1, -0.05) is 0 Å². The molecule has 0 spiro atoms. The highest BCUT2D eigenvalue weighted by Gasteiger charge is 1.97. The van der Waals surface area contributed by atoms with E-state index in [-0.39, 0.29) is 6.42 Å². The van der Waals surface area contributed by atoms with Crippen LogP contribution >= 0.6 is 0 Å². The number of hydrogen-bond donors (Lipinski definition) is 0. The molecule has 1 rings (SSSR count). The summed E-state index contributed by atoms with van der Waals surface area (Å²) in [6.45, 7) is 1.82. The molecule has 3 nitrogen and oxygen atoms in total. The lowest BCUT2D eigenvalue weighted by Crippen LogP contribution is -2.22. The van der Waals surface area contributed by atoms with E-state index >= 15 is 0 Å². The SMILES string of the molecule is Cc1ccc(CCC(=O)[O-])o1. The van der Waals surface area contributed by atoms with Crippen LogP contribution in [0, 0.1) is 6.92 Å². The molecule has 0 aromatic carbocycles. The van der Waals surface area contributed by atoms with Gasteiger partial charge in [0.15, 0.2) is 0 Å². The molecular formula is C8H9O3-. The third-order valence-corrected chi connectivity index (χ3v) is 1.37. The summed E-state index contributed by atoms with van der Waals surface area (Å²) in [5.74, 6) is 0.462. The minimum Gasteiger partial charge on any atom is -0.550 e. The first kappa shape index (κ1) is 7.85. The maximum atomic E-state index is 10.0. The van der Waals surface area contributed by atoms with Crippen LogP contribution in [0.2, 0.25) is 0 Å². The molecule has 1 aromatic heterocycles. The van der Waals surface area contributed by atoms with E-state index in [4.69, 9.17) is 4.42 Å². The fourth-order valence-corrected chi connectivity index (χ4v) is 0.845. The monoisotopic (exact) mass is 153 g/mol. The fourth-order valence-electron chi connectivity index (χ4n) is 0.845. The van der Waals surface area contributed by atoms with Crippen LogP contribution in [-0.4, -0.2) is 5.97 Å². The van der Waals surface area contributed by atoms with Crippen molar-refractivity contribution in [1.29, 1.82) is 0 Å². The third kappa shape index (κ3) is 2.45. The van der Waals surface area contributed by atoms with Crippen molar-refractivity contribution in [3.8, 4) is 0 Å². The van der Waals surface area contributed by atoms with Crippen LogP contribution < -0.4 is 5.11 Å². The summed E-state index contributed by atoms with van der Waals surface area (Å²) >= 11 is 0. The van der Waals surface area contributed by atoms with Crippen LogP contribution in [0.25, 0.3) is 0 Å². The molecule has 0 saturated heterocycles. The topological polar surface area (TPSA) is 53.3 Å². The molecule has 0 amide bonds. The van der Waals surface area contributed by atoms with Crippen molar-refractivity contribution in [3.63, 3.8) is 0 Å². The lowest BCUT2D eigenvalue weighted by atomic mass is 10.2. The Morgan fingerprint density at radius 3 is 2.82 bits per heavy atom. The van der Waals surface area contributed by atoms with E-state index in [9.17, 15) is 9.90 Å². The van der Waals surface area contributed by atoms with Crippen LogP contribution in [0.15, 0.2) is 16.5 Å². The van der Waals surface area contributed by atoms with Crippen molar-refractivity contribution in [2.45, 2.75) is 19.8 Å². The van der Waals surface area contributed by atoms with Crippen molar-refractivity contribution in [2.24, 2.45) is 0 Å². The normalized spacial score (nSPS) is 9.91. The van der Waals surface area contributed by atoms with Gasteiger partial charge in [-0.3, -0.25) is 0 Å². The van der Waals surface area contributed by atoms with E-state index in [1.807, 2.05) is 13.0 Å². The third-order valence-electron chi connectivity index (χ3n) is 1.37. The first-order valence-corrected chi connectivity index (χ1v) is 3.43. The van der Waals surface area contributed by atoms with Crippen molar-refractivity contribution < 1.29 is 14.3 Å². The maximum absolute atomic E-state index is 10.0. The number of carboxylic acids is 1. The molecule has 1 heterocycles. The number of aryl methyl sites for hydroxylation is 2. The predicted molar refractivity (Wildman–Crippen MR) is 36.8 cm³/mol. The molecule has 0 radical (unpaired) electrons. The lowest BCUT2D eigenvalue weighted by molar-refractivity contribution is -0.305. The second-order valence-electron chi connectivity index (χ2n) is 2.38. The molecule has 11 heavy (non-hydrogen) atoms. The fraction of sp³-hybridized carbons (Fsp3) is 0.375. The molecule has 0 N–H and O–H groups in total. The molecule has 1 aromatic rings. The Morgan fingerprint density at radius 2 is 2.36 bits per heavy atom. The zero-order valence-electron chi connectivity index (χ0n) is 6.29. The largest absolute Gasteiger partial charge is 0.550 e. The van der Waals surface area contributed by atoms with Crippen molar-refractivity contribution in [3.05, 3.63) is 23.7 Å². The quantitative estimate of drug-likeness (QED) is 0.626. The van der Waals surface area contributed by atoms with Gasteiger partial charge in [0.25, 0.3) is 0 Å². The van der Waals surface area contributed by atoms with E-state index in [2.05, 4.69) is 0 Å². The minimum absolute atomic E-state index is 0.0208. The number of furan rings is 1. The number of carbonyl (C=O) groups excluding carboxylic acids is 1. The zero-order chi connectivity index (χ0) is 8.27. The zero-order valence-corrected chi connectivity index (χ0v) is 6.29. The first-order valence-electron chi connectivity index (χ1n) is 3.43. The highest BCUT2D eigenvalue weighted by Crippen LogP contribution is 2.07. The smallest absolute Gasteiger partial charge is 0.104 e. The van der Waals surface area contributed by atoms with E-state index < -0.39 is 5.97 Å². The average molecular weight is 153 g/mol. The molecule has 3 heteroatoms. The Kier molecular flexibility index (Phi) is 2.31. The minimum atomic E-state index is -1.04. The Balaban J connectivity index is 2.45. The number of carboxylic acid groups (broad SMARTS) is 1. The number of carbonyl (C=O) groups is 1. The summed E-state index contributed by atoms with van der Waals surface area (Å²) in [5, 5.41) is 10.0. The lowest BCUT2D eigenvalue weighted by Gasteiger charge is -1.97. The molecular weight excluding hydrogens is 144 g/mol. The van der Waals surface area contributed by atoms with E-state index in [0.717, 1.165) is 5.76 Å². The molecule has 0 saturated carbocycles. The van der Waals surface area contributed by atoms with Gasteiger partial charge in [0.2, 0.25) is 0 Å². The highest BCUT2D eigenvalue weighted by atomic mass is 16.4. The number of hydrogen-bond acceptors (Lipinski definition) is 3. The van der Waals surface area contributed by atoms with Gasteiger partial charge >= 0.3 is 0 Å². The van der Waals surface area contributed by atoms with Gasteiger partial charge in [0, 0.05) is 12.4 Å². The van der Waals surface area contributed by atoms with Crippen molar-refractivity contribution >= 4 is 5.97 Å². The second-order valence-corrected chi connectivity index (χ2v) is 2.38. The number of rotatable bonds is 3. The Bertz CT molecular complexity index is 250. The summed E-state index contributed by atoms with van der Waals surface area (Å²) in [7, 11) is 0.